The normalized spacial score (nSPS) is 19.4. The van der Waals surface area contributed by atoms with Crippen molar-refractivity contribution in [3.63, 3.8) is 0 Å². The third-order valence-corrected chi connectivity index (χ3v) is 12.2. The van der Waals surface area contributed by atoms with E-state index in [0.29, 0.717) is 68.8 Å². The van der Waals surface area contributed by atoms with Crippen LogP contribution < -0.4 is 11.1 Å². The topological polar surface area (TPSA) is 196 Å². The van der Waals surface area contributed by atoms with E-state index in [1.807, 2.05) is 42.2 Å². The van der Waals surface area contributed by atoms with E-state index in [9.17, 15) is 28.8 Å². The minimum Gasteiger partial charge on any atom is -0.436 e. The number of carbonyl (C=O) groups excluding carboxylic acids is 5. The first-order valence-corrected chi connectivity index (χ1v) is 21.5. The van der Waals surface area contributed by atoms with Crippen LogP contribution in [0.5, 0.6) is 0 Å². The number of aromatic amines is 1. The minimum atomic E-state index is -1.10. The number of H-pyrrole nitrogens is 1. The van der Waals surface area contributed by atoms with Gasteiger partial charge in [-0.25, -0.2) is 19.2 Å². The summed E-state index contributed by atoms with van der Waals surface area (Å²) in [5.41, 5.74) is 4.35. The predicted octanol–water partition coefficient (Wildman–Crippen LogP) is 4.09. The number of esters is 1. The van der Waals surface area contributed by atoms with Crippen molar-refractivity contribution in [3.8, 4) is 0 Å². The second-order valence-electron chi connectivity index (χ2n) is 16.2. The van der Waals surface area contributed by atoms with Gasteiger partial charge in [0.05, 0.1) is 18.5 Å². The van der Waals surface area contributed by atoms with E-state index >= 15 is 0 Å². The molecule has 330 valence electrons. The van der Waals surface area contributed by atoms with Crippen LogP contribution in [0.4, 0.5) is 20.1 Å². The van der Waals surface area contributed by atoms with E-state index in [1.54, 1.807) is 22.8 Å². The molecule has 3 fully saturated rings. The van der Waals surface area contributed by atoms with Crippen LogP contribution in [0.2, 0.25) is 0 Å². The molecule has 0 saturated carbocycles. The Morgan fingerprint density at radius 2 is 1.56 bits per heavy atom. The standard InChI is InChI=1S/C43H57N7O11/c1-4-57-43(56)59-29(3)58-37(51)14-15-46-21-23-47(24-22-46)32-10-16-48(17-11-32)39(52)36(27-30-25-28(2)38-35(26-30)60-41(54)45-38)61-42(55)49-18-12-33(13-19-49)50-20-9-31-7-5-6-8-34(31)44-40(50)53/h5-8,25-26,29,32-33,36H,4,9-24,27H2,1-3H3,(H,44,53)(H,45,54)/t29?,36-/m1/s1. The monoisotopic (exact) mass is 847 g/mol. The maximum Gasteiger partial charge on any atom is 0.511 e. The second-order valence-corrected chi connectivity index (χ2v) is 16.2. The third-order valence-electron chi connectivity index (χ3n) is 12.2. The summed E-state index contributed by atoms with van der Waals surface area (Å²) in [5, 5.41) is 3.04. The molecule has 4 aliphatic heterocycles. The molecule has 2 aromatic carbocycles. The molecular weight excluding hydrogens is 791 g/mol. The van der Waals surface area contributed by atoms with Crippen LogP contribution in [0, 0.1) is 6.92 Å². The molecule has 18 nitrogen and oxygen atoms in total. The molecule has 4 amide bonds. The number of likely N-dealkylation sites (tertiary alicyclic amines) is 2. The van der Waals surface area contributed by atoms with Gasteiger partial charge in [0, 0.05) is 96.6 Å². The van der Waals surface area contributed by atoms with Crippen molar-refractivity contribution in [2.75, 3.05) is 77.4 Å². The second kappa shape index (κ2) is 19.8. The van der Waals surface area contributed by atoms with Gasteiger partial charge in [0.2, 0.25) is 6.29 Å². The average molecular weight is 848 g/mol. The number of aryl methyl sites for hydroxylation is 1. The number of ether oxygens (including phenoxy) is 4. The summed E-state index contributed by atoms with van der Waals surface area (Å²) in [6.07, 6.45) is 0.119. The van der Waals surface area contributed by atoms with Crippen LogP contribution in [-0.2, 0) is 41.4 Å². The number of para-hydroxylation sites is 1. The fourth-order valence-electron chi connectivity index (χ4n) is 8.91. The van der Waals surface area contributed by atoms with Crippen LogP contribution in [0.3, 0.4) is 0 Å². The highest BCUT2D eigenvalue weighted by Crippen LogP contribution is 2.27. The Bertz CT molecular complexity index is 2100. The number of urea groups is 1. The maximum absolute atomic E-state index is 14.3. The van der Waals surface area contributed by atoms with Crippen LogP contribution >= 0.6 is 0 Å². The number of nitrogens with zero attached hydrogens (tertiary/aromatic N) is 5. The Hall–Kier alpha value is -5.62. The molecule has 4 aliphatic rings. The number of piperazine rings is 1. The van der Waals surface area contributed by atoms with Crippen molar-refractivity contribution >= 4 is 46.9 Å². The number of benzene rings is 2. The zero-order chi connectivity index (χ0) is 43.0. The first kappa shape index (κ1) is 43.5. The van der Waals surface area contributed by atoms with Crippen molar-refractivity contribution in [1.29, 1.82) is 0 Å². The summed E-state index contributed by atoms with van der Waals surface area (Å²) in [7, 11) is 0. The highest BCUT2D eigenvalue weighted by molar-refractivity contribution is 5.91. The summed E-state index contributed by atoms with van der Waals surface area (Å²) in [4.78, 5) is 89.7. The van der Waals surface area contributed by atoms with Crippen LogP contribution in [0.25, 0.3) is 11.1 Å². The molecule has 0 radical (unpaired) electrons. The zero-order valence-electron chi connectivity index (χ0n) is 35.2. The number of carbonyl (C=O) groups is 5. The highest BCUT2D eigenvalue weighted by atomic mass is 16.8. The molecule has 61 heavy (non-hydrogen) atoms. The molecule has 1 aromatic heterocycles. The minimum absolute atomic E-state index is 0.0378. The Balaban J connectivity index is 0.914. The van der Waals surface area contributed by atoms with Gasteiger partial charge in [0.15, 0.2) is 11.7 Å². The number of nitrogens with one attached hydrogen (secondary N) is 2. The van der Waals surface area contributed by atoms with Gasteiger partial charge in [-0.1, -0.05) is 24.3 Å². The molecule has 0 bridgehead atoms. The number of aromatic nitrogens is 1. The Kier molecular flexibility index (Phi) is 14.1. The number of piperidine rings is 2. The summed E-state index contributed by atoms with van der Waals surface area (Å²) in [6.45, 7) is 11.2. The quantitative estimate of drug-likeness (QED) is 0.150. The number of hydrogen-bond donors (Lipinski definition) is 2. The molecule has 2 atom stereocenters. The van der Waals surface area contributed by atoms with E-state index in [1.165, 1.54) is 6.92 Å². The van der Waals surface area contributed by atoms with E-state index in [4.69, 9.17) is 23.4 Å². The lowest BCUT2D eigenvalue weighted by Crippen LogP contribution is -2.55. The largest absolute Gasteiger partial charge is 0.511 e. The van der Waals surface area contributed by atoms with Crippen LogP contribution in [-0.4, -0.2) is 156 Å². The number of amides is 4. The molecule has 0 aliphatic carbocycles. The Labute approximate surface area is 354 Å². The average Bonchev–Trinajstić information content (AvgIpc) is 3.55. The molecule has 18 heteroatoms. The number of rotatable bonds is 12. The summed E-state index contributed by atoms with van der Waals surface area (Å²) >= 11 is 0. The Morgan fingerprint density at radius 1 is 0.852 bits per heavy atom. The van der Waals surface area contributed by atoms with Gasteiger partial charge in [-0.05, 0) is 74.8 Å². The maximum atomic E-state index is 14.3. The van der Waals surface area contributed by atoms with Gasteiger partial charge in [0.1, 0.15) is 0 Å². The first-order valence-electron chi connectivity index (χ1n) is 21.5. The first-order chi connectivity index (χ1) is 29.4. The number of anilines is 1. The fourth-order valence-corrected chi connectivity index (χ4v) is 8.91. The van der Waals surface area contributed by atoms with Crippen molar-refractivity contribution < 1.29 is 47.3 Å². The zero-order valence-corrected chi connectivity index (χ0v) is 35.2. The third kappa shape index (κ3) is 11.0. The van der Waals surface area contributed by atoms with Gasteiger partial charge in [0.25, 0.3) is 5.91 Å². The van der Waals surface area contributed by atoms with Crippen molar-refractivity contribution in [1.82, 2.24) is 29.5 Å². The SMILES string of the molecule is CCOC(=O)OC(C)OC(=O)CCN1CCN(C2CCN(C(=O)[C@@H](Cc3cc(C)c4[nH]c(=O)oc4c3)OC(=O)N3CCC(N4CCc5ccccc5NC4=O)CC3)CC2)CC1. The van der Waals surface area contributed by atoms with Gasteiger partial charge in [-0.15, -0.1) is 0 Å². The van der Waals surface area contributed by atoms with E-state index < -0.39 is 36.4 Å². The number of fused-ring (bicyclic) bond motifs is 2. The molecule has 2 N–H and O–H groups in total. The van der Waals surface area contributed by atoms with Crippen molar-refractivity contribution in [2.24, 2.45) is 0 Å². The molecule has 1 unspecified atom stereocenters. The lowest BCUT2D eigenvalue weighted by Gasteiger charge is -2.43. The molecule has 0 spiro atoms. The summed E-state index contributed by atoms with van der Waals surface area (Å²) in [6, 6.07) is 11.5. The lowest BCUT2D eigenvalue weighted by atomic mass is 9.99. The van der Waals surface area contributed by atoms with Crippen LogP contribution in [0.1, 0.15) is 62.6 Å². The fraction of sp³-hybridized carbons (Fsp3) is 0.581. The van der Waals surface area contributed by atoms with Crippen molar-refractivity contribution in [3.05, 3.63) is 63.6 Å². The van der Waals surface area contributed by atoms with Gasteiger partial charge in [-0.2, -0.15) is 0 Å². The lowest BCUT2D eigenvalue weighted by molar-refractivity contribution is -0.168. The van der Waals surface area contributed by atoms with E-state index in [0.717, 1.165) is 62.3 Å². The predicted molar refractivity (Wildman–Crippen MR) is 222 cm³/mol. The molecule has 7 rings (SSSR count). The molecule has 5 heterocycles. The molecular formula is C43H57N7O11. The molecule has 3 aromatic rings. The highest BCUT2D eigenvalue weighted by Gasteiger charge is 2.37. The summed E-state index contributed by atoms with van der Waals surface area (Å²) in [5.74, 6) is -1.30. The smallest absolute Gasteiger partial charge is 0.436 e. The summed E-state index contributed by atoms with van der Waals surface area (Å²) < 4.78 is 26.2. The van der Waals surface area contributed by atoms with Crippen LogP contribution in [0.15, 0.2) is 45.6 Å². The number of hydrogen-bond acceptors (Lipinski definition) is 13. The number of oxazole rings is 1. The molecule has 3 saturated heterocycles. The van der Waals surface area contributed by atoms with Gasteiger partial charge < -0.3 is 48.3 Å². The van der Waals surface area contributed by atoms with E-state index in [-0.39, 0.29) is 43.5 Å². The van der Waals surface area contributed by atoms with Gasteiger partial charge in [-0.3, -0.25) is 19.5 Å². The Morgan fingerprint density at radius 3 is 2.30 bits per heavy atom. The van der Waals surface area contributed by atoms with Crippen molar-refractivity contribution in [2.45, 2.75) is 90.2 Å². The van der Waals surface area contributed by atoms with E-state index in [2.05, 4.69) is 20.1 Å². The van der Waals surface area contributed by atoms with Gasteiger partial charge >= 0.3 is 30.0 Å².